The SMILES string of the molecule is C=C(Br)c1c(C)sc2ccccc12. The summed E-state index contributed by atoms with van der Waals surface area (Å²) in [5.41, 5.74) is 1.25. The van der Waals surface area contributed by atoms with Crippen molar-refractivity contribution in [2.45, 2.75) is 6.92 Å². The fourth-order valence-electron chi connectivity index (χ4n) is 1.50. The molecule has 0 aliphatic carbocycles. The van der Waals surface area contributed by atoms with E-state index in [4.69, 9.17) is 0 Å². The van der Waals surface area contributed by atoms with Crippen molar-refractivity contribution in [1.29, 1.82) is 0 Å². The molecule has 0 fully saturated rings. The Labute approximate surface area is 90.0 Å². The van der Waals surface area contributed by atoms with E-state index in [1.54, 1.807) is 0 Å². The van der Waals surface area contributed by atoms with Crippen molar-refractivity contribution < 1.29 is 0 Å². The van der Waals surface area contributed by atoms with Gasteiger partial charge in [0, 0.05) is 25.0 Å². The van der Waals surface area contributed by atoms with E-state index in [9.17, 15) is 0 Å². The minimum absolute atomic E-state index is 0.974. The van der Waals surface area contributed by atoms with Crippen LogP contribution in [0.25, 0.3) is 14.6 Å². The van der Waals surface area contributed by atoms with Crippen LogP contribution in [0.3, 0.4) is 0 Å². The second kappa shape index (κ2) is 3.28. The molecule has 0 nitrogen and oxygen atoms in total. The molecule has 0 radical (unpaired) electrons. The first-order valence-electron chi connectivity index (χ1n) is 4.03. The highest BCUT2D eigenvalue weighted by Gasteiger charge is 2.08. The Morgan fingerprint density at radius 2 is 2.08 bits per heavy atom. The topological polar surface area (TPSA) is 0 Å². The van der Waals surface area contributed by atoms with Gasteiger partial charge in [0.2, 0.25) is 0 Å². The molecule has 2 aromatic rings. The molecule has 0 aliphatic rings. The van der Waals surface area contributed by atoms with E-state index in [-0.39, 0.29) is 0 Å². The summed E-state index contributed by atoms with van der Waals surface area (Å²) in [4.78, 5) is 1.32. The first-order valence-corrected chi connectivity index (χ1v) is 5.64. The van der Waals surface area contributed by atoms with Crippen LogP contribution in [0.4, 0.5) is 0 Å². The first-order chi connectivity index (χ1) is 6.20. The van der Waals surface area contributed by atoms with Gasteiger partial charge in [0.15, 0.2) is 0 Å². The Hall–Kier alpha value is -0.600. The third-order valence-corrected chi connectivity index (χ3v) is 3.53. The standard InChI is InChI=1S/C11H9BrS/c1-7(12)11-8(2)13-10-6-4-3-5-9(10)11/h3-6H,1H2,2H3. The molecular weight excluding hydrogens is 244 g/mol. The molecular formula is C11H9BrS. The molecule has 2 heteroatoms. The van der Waals surface area contributed by atoms with Gasteiger partial charge < -0.3 is 0 Å². The lowest BCUT2D eigenvalue weighted by atomic mass is 10.1. The summed E-state index contributed by atoms with van der Waals surface area (Å²) in [6.45, 7) is 6.06. The van der Waals surface area contributed by atoms with Crippen molar-refractivity contribution in [3.05, 3.63) is 41.3 Å². The van der Waals surface area contributed by atoms with Crippen molar-refractivity contribution in [3.63, 3.8) is 0 Å². The Balaban J connectivity index is 2.86. The fourth-order valence-corrected chi connectivity index (χ4v) is 3.24. The van der Waals surface area contributed by atoms with Crippen molar-refractivity contribution in [3.8, 4) is 0 Å². The van der Waals surface area contributed by atoms with Gasteiger partial charge in [-0.05, 0) is 13.0 Å². The summed E-state index contributed by atoms with van der Waals surface area (Å²) >= 11 is 5.26. The summed E-state index contributed by atoms with van der Waals surface area (Å²) in [6, 6.07) is 8.42. The van der Waals surface area contributed by atoms with E-state index < -0.39 is 0 Å². The maximum atomic E-state index is 3.93. The number of aryl methyl sites for hydroxylation is 1. The van der Waals surface area contributed by atoms with Gasteiger partial charge in [-0.25, -0.2) is 0 Å². The Morgan fingerprint density at radius 3 is 2.77 bits per heavy atom. The van der Waals surface area contributed by atoms with Crippen LogP contribution in [-0.2, 0) is 0 Å². The number of thiophene rings is 1. The summed E-state index contributed by atoms with van der Waals surface area (Å²) in [5, 5.41) is 1.30. The van der Waals surface area contributed by atoms with E-state index in [0.717, 1.165) is 4.48 Å². The average Bonchev–Trinajstić information content (AvgIpc) is 2.39. The number of halogens is 1. The van der Waals surface area contributed by atoms with E-state index >= 15 is 0 Å². The molecule has 0 amide bonds. The molecule has 0 spiro atoms. The predicted molar refractivity (Wildman–Crippen MR) is 64.5 cm³/mol. The van der Waals surface area contributed by atoms with Gasteiger partial charge in [-0.15, -0.1) is 11.3 Å². The van der Waals surface area contributed by atoms with Crippen LogP contribution < -0.4 is 0 Å². The fraction of sp³-hybridized carbons (Fsp3) is 0.0909. The molecule has 0 aliphatic heterocycles. The summed E-state index contributed by atoms with van der Waals surface area (Å²) in [5.74, 6) is 0. The lowest BCUT2D eigenvalue weighted by Gasteiger charge is -1.96. The highest BCUT2D eigenvalue weighted by molar-refractivity contribution is 9.15. The maximum Gasteiger partial charge on any atom is 0.0352 e. The van der Waals surface area contributed by atoms with Crippen LogP contribution in [0.2, 0.25) is 0 Å². The van der Waals surface area contributed by atoms with Gasteiger partial charge in [0.05, 0.1) is 0 Å². The van der Waals surface area contributed by atoms with Gasteiger partial charge in [0.25, 0.3) is 0 Å². The third-order valence-electron chi connectivity index (χ3n) is 2.04. The van der Waals surface area contributed by atoms with Gasteiger partial charge in [-0.3, -0.25) is 0 Å². The number of hydrogen-bond acceptors (Lipinski definition) is 1. The molecule has 0 N–H and O–H groups in total. The van der Waals surface area contributed by atoms with Crippen molar-refractivity contribution in [1.82, 2.24) is 0 Å². The average molecular weight is 253 g/mol. The molecule has 1 aromatic carbocycles. The normalized spacial score (nSPS) is 10.6. The number of rotatable bonds is 1. The zero-order valence-electron chi connectivity index (χ0n) is 7.30. The summed E-state index contributed by atoms with van der Waals surface area (Å²) < 4.78 is 2.30. The van der Waals surface area contributed by atoms with Gasteiger partial charge in [-0.2, -0.15) is 0 Å². The van der Waals surface area contributed by atoms with E-state index in [1.807, 2.05) is 11.3 Å². The Kier molecular flexibility index (Phi) is 2.26. The molecule has 0 bridgehead atoms. The van der Waals surface area contributed by atoms with Crippen LogP contribution >= 0.6 is 27.3 Å². The molecule has 0 saturated carbocycles. The van der Waals surface area contributed by atoms with Gasteiger partial charge >= 0.3 is 0 Å². The van der Waals surface area contributed by atoms with Crippen molar-refractivity contribution >= 4 is 41.8 Å². The van der Waals surface area contributed by atoms with Crippen LogP contribution in [0.1, 0.15) is 10.4 Å². The number of hydrogen-bond donors (Lipinski definition) is 0. The van der Waals surface area contributed by atoms with E-state index in [1.165, 1.54) is 20.5 Å². The maximum absolute atomic E-state index is 3.93. The van der Waals surface area contributed by atoms with Gasteiger partial charge in [0.1, 0.15) is 0 Å². The van der Waals surface area contributed by atoms with Crippen molar-refractivity contribution in [2.75, 3.05) is 0 Å². The van der Waals surface area contributed by atoms with Crippen LogP contribution in [0.15, 0.2) is 30.8 Å². The smallest absolute Gasteiger partial charge is 0.0352 e. The van der Waals surface area contributed by atoms with E-state index in [2.05, 4.69) is 53.7 Å². The van der Waals surface area contributed by atoms with E-state index in [0.29, 0.717) is 0 Å². The second-order valence-corrected chi connectivity index (χ2v) is 5.15. The van der Waals surface area contributed by atoms with Crippen molar-refractivity contribution in [2.24, 2.45) is 0 Å². The predicted octanol–water partition coefficient (Wildman–Crippen LogP) is 4.58. The summed E-state index contributed by atoms with van der Waals surface area (Å²) in [6.07, 6.45) is 0. The minimum atomic E-state index is 0.974. The highest BCUT2D eigenvalue weighted by Crippen LogP contribution is 2.36. The summed E-state index contributed by atoms with van der Waals surface area (Å²) in [7, 11) is 0. The number of benzene rings is 1. The minimum Gasteiger partial charge on any atom is -0.140 e. The van der Waals surface area contributed by atoms with Gasteiger partial charge in [-0.1, -0.05) is 40.7 Å². The molecule has 0 unspecified atom stereocenters. The third kappa shape index (κ3) is 1.45. The van der Waals surface area contributed by atoms with Crippen LogP contribution in [0, 0.1) is 6.92 Å². The number of fused-ring (bicyclic) bond motifs is 1. The Morgan fingerprint density at radius 1 is 1.38 bits per heavy atom. The molecule has 13 heavy (non-hydrogen) atoms. The first kappa shape index (κ1) is 8.97. The Bertz CT molecular complexity index is 468. The largest absolute Gasteiger partial charge is 0.140 e. The molecule has 1 heterocycles. The lowest BCUT2D eigenvalue weighted by Crippen LogP contribution is -1.74. The molecule has 2 rings (SSSR count). The lowest BCUT2D eigenvalue weighted by molar-refractivity contribution is 1.61. The molecule has 0 saturated heterocycles. The zero-order chi connectivity index (χ0) is 9.42. The molecule has 0 atom stereocenters. The molecule has 66 valence electrons. The monoisotopic (exact) mass is 252 g/mol. The van der Waals surface area contributed by atoms with Crippen LogP contribution in [0.5, 0.6) is 0 Å². The zero-order valence-corrected chi connectivity index (χ0v) is 9.71. The second-order valence-electron chi connectivity index (χ2n) is 2.93. The molecule has 1 aromatic heterocycles. The quantitative estimate of drug-likeness (QED) is 0.698. The highest BCUT2D eigenvalue weighted by atomic mass is 79.9. The van der Waals surface area contributed by atoms with Crippen LogP contribution in [-0.4, -0.2) is 0 Å².